The maximum absolute atomic E-state index is 5.36. The molecule has 6 heteroatoms. The summed E-state index contributed by atoms with van der Waals surface area (Å²) in [7, 11) is 0. The molecule has 114 valence electrons. The van der Waals surface area contributed by atoms with Gasteiger partial charge in [-0.25, -0.2) is 0 Å². The van der Waals surface area contributed by atoms with Crippen molar-refractivity contribution in [2.24, 2.45) is 15.1 Å². The third kappa shape index (κ3) is 3.06. The van der Waals surface area contributed by atoms with Crippen LogP contribution in [0.1, 0.15) is 5.56 Å². The molecule has 4 rings (SSSR count). The summed E-state index contributed by atoms with van der Waals surface area (Å²) in [4.78, 5) is 11.0. The molecular weight excluding hydrogens is 290 g/mol. The number of rotatable bonds is 0. The third-order valence-electron chi connectivity index (χ3n) is 3.69. The van der Waals surface area contributed by atoms with Gasteiger partial charge in [0.1, 0.15) is 6.20 Å². The fourth-order valence-electron chi connectivity index (χ4n) is 2.48. The lowest BCUT2D eigenvalue weighted by molar-refractivity contribution is -0.753. The van der Waals surface area contributed by atoms with Crippen LogP contribution >= 0.6 is 0 Å². The Morgan fingerprint density at radius 2 is 1.91 bits per heavy atom. The summed E-state index contributed by atoms with van der Waals surface area (Å²) in [6.07, 6.45) is 3.69. The first-order chi connectivity index (χ1) is 11.4. The first-order valence-corrected chi connectivity index (χ1v) is 7.59. The van der Waals surface area contributed by atoms with Gasteiger partial charge in [0.05, 0.1) is 25.0 Å². The van der Waals surface area contributed by atoms with Crippen molar-refractivity contribution in [1.29, 1.82) is 0 Å². The van der Waals surface area contributed by atoms with Gasteiger partial charge in [-0.15, -0.1) is 10.0 Å². The monoisotopic (exact) mass is 306 g/mol. The summed E-state index contributed by atoms with van der Waals surface area (Å²) in [5, 5.41) is 5.36. The normalized spacial score (nSPS) is 22.5. The summed E-state index contributed by atoms with van der Waals surface area (Å²) in [5.74, 6) is 7.65. The van der Waals surface area contributed by atoms with Crippen molar-refractivity contribution in [1.82, 2.24) is 4.90 Å². The molecule has 0 aliphatic carbocycles. The highest BCUT2D eigenvalue weighted by Gasteiger charge is 2.30. The van der Waals surface area contributed by atoms with E-state index in [9.17, 15) is 0 Å². The van der Waals surface area contributed by atoms with Crippen LogP contribution in [0.15, 0.2) is 57.2 Å². The Balaban J connectivity index is 1.52. The quantitative estimate of drug-likeness (QED) is 0.679. The van der Waals surface area contributed by atoms with Gasteiger partial charge in [-0.05, 0) is 17.2 Å². The van der Waals surface area contributed by atoms with Crippen LogP contribution in [0.3, 0.4) is 0 Å². The van der Waals surface area contributed by atoms with E-state index in [2.05, 4.69) is 31.8 Å². The van der Waals surface area contributed by atoms with Crippen LogP contribution in [0.25, 0.3) is 0 Å². The summed E-state index contributed by atoms with van der Waals surface area (Å²) >= 11 is 0. The minimum atomic E-state index is 0.664. The van der Waals surface area contributed by atoms with E-state index in [-0.39, 0.29) is 0 Å². The molecule has 0 saturated carbocycles. The van der Waals surface area contributed by atoms with Crippen LogP contribution in [0, 0.1) is 11.8 Å². The second-order valence-corrected chi connectivity index (χ2v) is 5.31. The molecule has 6 nitrogen and oxygen atoms in total. The van der Waals surface area contributed by atoms with Crippen LogP contribution < -0.4 is 5.01 Å². The zero-order valence-electron chi connectivity index (χ0n) is 12.6. The van der Waals surface area contributed by atoms with Crippen molar-refractivity contribution in [3.63, 3.8) is 0 Å². The van der Waals surface area contributed by atoms with E-state index in [4.69, 9.17) is 4.74 Å². The second kappa shape index (κ2) is 6.16. The highest BCUT2D eigenvalue weighted by atomic mass is 16.5. The number of allylic oxidation sites excluding steroid dienone is 1. The van der Waals surface area contributed by atoms with E-state index in [1.54, 1.807) is 6.21 Å². The SMILES string of the molecule is C(#Cc1ccccc1)C1=C[NH+]2N=C(N3CCOCC3)N=C2N=C1. The van der Waals surface area contributed by atoms with E-state index in [1.807, 2.05) is 36.5 Å². The van der Waals surface area contributed by atoms with Crippen LogP contribution in [-0.2, 0) is 4.74 Å². The van der Waals surface area contributed by atoms with Gasteiger partial charge in [-0.1, -0.05) is 30.0 Å². The number of aliphatic imine (C=N–C) groups is 2. The Labute approximate surface area is 134 Å². The molecule has 3 heterocycles. The topological polar surface area (TPSA) is 54.0 Å². The van der Waals surface area contributed by atoms with E-state index in [0.29, 0.717) is 19.2 Å². The number of benzene rings is 1. The molecule has 0 bridgehead atoms. The molecule has 0 aromatic heterocycles. The summed E-state index contributed by atoms with van der Waals surface area (Å²) < 4.78 is 5.36. The number of hydrogen-bond acceptors (Lipinski definition) is 5. The average molecular weight is 306 g/mol. The van der Waals surface area contributed by atoms with Gasteiger partial charge in [0.25, 0.3) is 5.96 Å². The predicted octanol–water partition coefficient (Wildman–Crippen LogP) is -0.136. The maximum Gasteiger partial charge on any atom is 0.362 e. The summed E-state index contributed by atoms with van der Waals surface area (Å²) in [5.41, 5.74) is 1.82. The van der Waals surface area contributed by atoms with Gasteiger partial charge in [-0.3, -0.25) is 0 Å². The molecule has 1 aromatic rings. The van der Waals surface area contributed by atoms with Gasteiger partial charge >= 0.3 is 5.96 Å². The van der Waals surface area contributed by atoms with Gasteiger partial charge in [0.2, 0.25) is 0 Å². The number of ether oxygens (including phenoxy) is 1. The van der Waals surface area contributed by atoms with Crippen LogP contribution in [-0.4, -0.2) is 49.3 Å². The summed E-state index contributed by atoms with van der Waals surface area (Å²) in [6.45, 7) is 3.06. The number of guanidine groups is 2. The summed E-state index contributed by atoms with van der Waals surface area (Å²) in [6, 6.07) is 9.90. The van der Waals surface area contributed by atoms with Crippen molar-refractivity contribution in [2.75, 3.05) is 26.3 Å². The minimum Gasteiger partial charge on any atom is -0.378 e. The Bertz CT molecular complexity index is 776. The molecular formula is C17H16N5O+. The van der Waals surface area contributed by atoms with Crippen molar-refractivity contribution < 1.29 is 9.75 Å². The molecule has 0 amide bonds. The van der Waals surface area contributed by atoms with Crippen molar-refractivity contribution in [3.8, 4) is 11.8 Å². The van der Waals surface area contributed by atoms with Gasteiger partial charge < -0.3 is 9.64 Å². The number of nitrogens with one attached hydrogen (secondary N) is 1. The van der Waals surface area contributed by atoms with Gasteiger partial charge in [-0.2, -0.15) is 4.99 Å². The fourth-order valence-corrected chi connectivity index (χ4v) is 2.48. The van der Waals surface area contributed by atoms with Crippen LogP contribution in [0.2, 0.25) is 0 Å². The Morgan fingerprint density at radius 1 is 1.09 bits per heavy atom. The smallest absolute Gasteiger partial charge is 0.362 e. The first-order valence-electron chi connectivity index (χ1n) is 7.59. The second-order valence-electron chi connectivity index (χ2n) is 5.31. The molecule has 1 aromatic carbocycles. The standard InChI is InChI=1S/C17H15N5O/c1-2-4-14(5-3-1)6-7-15-12-18-16-19-17(20-22(16)13-15)21-8-10-23-11-9-21/h1-5,12-13H,8-11H2/p+1. The van der Waals surface area contributed by atoms with Gasteiger partial charge in [0, 0.05) is 18.7 Å². The lowest BCUT2D eigenvalue weighted by Gasteiger charge is -2.25. The van der Waals surface area contributed by atoms with Crippen LogP contribution in [0.5, 0.6) is 0 Å². The lowest BCUT2D eigenvalue weighted by atomic mass is 10.2. The highest BCUT2D eigenvalue weighted by Crippen LogP contribution is 2.04. The first kappa shape index (κ1) is 13.9. The maximum atomic E-state index is 5.36. The zero-order chi connectivity index (χ0) is 15.5. The molecule has 1 fully saturated rings. The average Bonchev–Trinajstić information content (AvgIpc) is 3.05. The number of nitrogens with zero attached hydrogens (tertiary/aromatic N) is 4. The Kier molecular flexibility index (Phi) is 3.72. The largest absolute Gasteiger partial charge is 0.378 e. The Hall–Kier alpha value is -2.75. The van der Waals surface area contributed by atoms with Crippen molar-refractivity contribution in [3.05, 3.63) is 47.7 Å². The fraction of sp³-hybridized carbons (Fsp3) is 0.235. The number of quaternary nitrogens is 1. The van der Waals surface area contributed by atoms with E-state index in [0.717, 1.165) is 35.2 Å². The van der Waals surface area contributed by atoms with E-state index < -0.39 is 0 Å². The zero-order valence-corrected chi connectivity index (χ0v) is 12.6. The molecule has 1 unspecified atom stereocenters. The molecule has 1 N–H and O–H groups in total. The third-order valence-corrected chi connectivity index (χ3v) is 3.69. The molecule has 0 radical (unpaired) electrons. The lowest BCUT2D eigenvalue weighted by Crippen LogP contribution is -3.05. The molecule has 0 spiro atoms. The number of hydrogen-bond donors (Lipinski definition) is 1. The molecule has 1 saturated heterocycles. The number of fused-ring (bicyclic) bond motifs is 1. The van der Waals surface area contributed by atoms with Crippen molar-refractivity contribution in [2.45, 2.75) is 0 Å². The van der Waals surface area contributed by atoms with Crippen molar-refractivity contribution >= 4 is 18.1 Å². The van der Waals surface area contributed by atoms with Crippen LogP contribution in [0.4, 0.5) is 0 Å². The Morgan fingerprint density at radius 3 is 2.74 bits per heavy atom. The molecule has 23 heavy (non-hydrogen) atoms. The molecule has 3 aliphatic heterocycles. The minimum absolute atomic E-state index is 0.664. The molecule has 1 atom stereocenters. The number of morpholine rings is 1. The van der Waals surface area contributed by atoms with E-state index >= 15 is 0 Å². The highest BCUT2D eigenvalue weighted by molar-refractivity contribution is 6.01. The predicted molar refractivity (Wildman–Crippen MR) is 88.1 cm³/mol. The molecule has 3 aliphatic rings. The van der Waals surface area contributed by atoms with Gasteiger partial charge in [0.15, 0.2) is 0 Å². The van der Waals surface area contributed by atoms with E-state index in [1.165, 1.54) is 0 Å².